The molecule has 2 N–H and O–H groups in total. The number of hydrogen-bond donors (Lipinski definition) is 2. The third-order valence-corrected chi connectivity index (χ3v) is 5.59. The molecule has 1 aromatic heterocycles. The molecule has 0 aliphatic carbocycles. The monoisotopic (exact) mass is 477 g/mol. The molecule has 164 valence electrons. The molecule has 1 aliphatic rings. The number of rotatable bonds is 3. The van der Waals surface area contributed by atoms with Crippen molar-refractivity contribution in [3.63, 3.8) is 0 Å². The Balaban J connectivity index is 0.000000603. The van der Waals surface area contributed by atoms with Gasteiger partial charge in [0.25, 0.3) is 11.9 Å². The van der Waals surface area contributed by atoms with Gasteiger partial charge in [0.1, 0.15) is 0 Å². The Morgan fingerprint density at radius 2 is 1.68 bits per heavy atom. The number of carboxylic acid groups (broad SMARTS) is 1. The zero-order chi connectivity index (χ0) is 23.2. The van der Waals surface area contributed by atoms with E-state index in [-0.39, 0.29) is 35.5 Å². The van der Waals surface area contributed by atoms with Crippen molar-refractivity contribution in [2.45, 2.75) is 6.92 Å². The Morgan fingerprint density at radius 1 is 1.00 bits per heavy atom. The first-order valence-electron chi connectivity index (χ1n) is 10.1. The van der Waals surface area contributed by atoms with Crippen molar-refractivity contribution < 1.29 is 44.3 Å². The zero-order valence-electron chi connectivity index (χ0n) is 18.7. The van der Waals surface area contributed by atoms with Crippen LogP contribution in [0.15, 0.2) is 95.0 Å². The summed E-state index contributed by atoms with van der Waals surface area (Å²) in [6, 6.07) is 26.1. The molecule has 0 unspecified atom stereocenters. The second-order valence-electron chi connectivity index (χ2n) is 7.18. The van der Waals surface area contributed by atoms with Crippen molar-refractivity contribution in [2.24, 2.45) is 4.99 Å². The molecule has 1 saturated heterocycles. The van der Waals surface area contributed by atoms with Crippen LogP contribution >= 0.6 is 11.8 Å². The van der Waals surface area contributed by atoms with Gasteiger partial charge in [0.2, 0.25) is 0 Å². The van der Waals surface area contributed by atoms with Crippen LogP contribution in [0.1, 0.15) is 12.5 Å². The molecule has 2 heterocycles. The van der Waals surface area contributed by atoms with Crippen molar-refractivity contribution in [3.05, 3.63) is 95.5 Å². The van der Waals surface area contributed by atoms with Gasteiger partial charge in [0, 0.05) is 6.92 Å². The van der Waals surface area contributed by atoms with Gasteiger partial charge in [-0.3, -0.25) is 9.59 Å². The zero-order valence-corrected chi connectivity index (χ0v) is 21.5. The van der Waals surface area contributed by atoms with Crippen molar-refractivity contribution >= 4 is 51.5 Å². The van der Waals surface area contributed by atoms with Gasteiger partial charge in [-0.2, -0.15) is 6.20 Å². The largest absolute Gasteiger partial charge is 1.00 e. The molecule has 0 saturated carbocycles. The Kier molecular flexibility index (Phi) is 8.90. The molecule has 3 aromatic carbocycles. The van der Waals surface area contributed by atoms with Crippen LogP contribution in [0.5, 0.6) is 0 Å². The van der Waals surface area contributed by atoms with Gasteiger partial charge >= 0.3 is 29.6 Å². The number of carbonyl (C=O) groups excluding carboxylic acids is 1. The molecule has 1 aliphatic heterocycles. The topological polar surface area (TPSA) is 92.9 Å². The second-order valence-corrected chi connectivity index (χ2v) is 8.21. The first kappa shape index (κ1) is 25.5. The fourth-order valence-corrected chi connectivity index (χ4v) is 4.05. The van der Waals surface area contributed by atoms with Crippen LogP contribution in [-0.4, -0.2) is 22.2 Å². The van der Waals surface area contributed by atoms with E-state index >= 15 is 0 Å². The summed E-state index contributed by atoms with van der Waals surface area (Å²) in [5.74, 6) is -0.961. The van der Waals surface area contributed by atoms with E-state index in [1.807, 2.05) is 60.7 Å². The minimum absolute atomic E-state index is 0. The predicted molar refractivity (Wildman–Crippen MR) is 133 cm³/mol. The number of nitrogens with zero attached hydrogens (tertiary/aromatic N) is 2. The van der Waals surface area contributed by atoms with E-state index in [0.29, 0.717) is 10.1 Å². The molecular weight excluding hydrogens is 457 g/mol. The van der Waals surface area contributed by atoms with Crippen LogP contribution in [0, 0.1) is 0 Å². The first-order chi connectivity index (χ1) is 16.0. The van der Waals surface area contributed by atoms with Gasteiger partial charge in [-0.15, -0.1) is 5.52 Å². The summed E-state index contributed by atoms with van der Waals surface area (Å²) in [6.07, 6.45) is 3.67. The smallest absolute Gasteiger partial charge is 0.664 e. The number of amidine groups is 1. The van der Waals surface area contributed by atoms with E-state index < -0.39 is 5.97 Å². The van der Waals surface area contributed by atoms with Crippen LogP contribution < -0.4 is 39.9 Å². The summed E-state index contributed by atoms with van der Waals surface area (Å²) in [5, 5.41) is 11.9. The van der Waals surface area contributed by atoms with Gasteiger partial charge in [-0.05, 0) is 52.0 Å². The summed E-state index contributed by atoms with van der Waals surface area (Å²) in [6.45, 7) is 1.08. The van der Waals surface area contributed by atoms with Crippen LogP contribution in [0.2, 0.25) is 0 Å². The van der Waals surface area contributed by atoms with Crippen LogP contribution in [0.3, 0.4) is 0 Å². The van der Waals surface area contributed by atoms with Gasteiger partial charge in [-0.1, -0.05) is 66.7 Å². The molecule has 1 amide bonds. The van der Waals surface area contributed by atoms with E-state index in [0.717, 1.165) is 34.6 Å². The van der Waals surface area contributed by atoms with Crippen molar-refractivity contribution in [1.29, 1.82) is 0 Å². The molecule has 4 aromatic rings. The number of fused-ring (bicyclic) bond motifs is 1. The van der Waals surface area contributed by atoms with E-state index in [1.54, 1.807) is 6.20 Å². The number of benzene rings is 3. The molecule has 34 heavy (non-hydrogen) atoms. The normalized spacial score (nSPS) is 14.9. The Labute approximate surface area is 223 Å². The summed E-state index contributed by atoms with van der Waals surface area (Å²) in [5.41, 5.74) is 5.04. The summed E-state index contributed by atoms with van der Waals surface area (Å²) >= 11 is 1.35. The Bertz CT molecular complexity index is 1360. The maximum Gasteiger partial charge on any atom is 1.00 e. The quantitative estimate of drug-likeness (QED) is 0.349. The van der Waals surface area contributed by atoms with Gasteiger partial charge in [-0.25, -0.2) is 4.99 Å². The number of hydrogen-bond acceptors (Lipinski definition) is 4. The van der Waals surface area contributed by atoms with Crippen molar-refractivity contribution in [3.8, 4) is 11.1 Å². The number of nitrogens with one attached hydrogen (secondary N) is 1. The molecule has 6 nitrogen and oxygen atoms in total. The third kappa shape index (κ3) is 6.71. The van der Waals surface area contributed by atoms with E-state index in [1.165, 1.54) is 17.3 Å². The van der Waals surface area contributed by atoms with Crippen LogP contribution in [0.4, 0.5) is 5.69 Å². The number of aromatic nitrogens is 1. The SMILES string of the molecule is CC(=O)O.O=C1NC(=Nc2ccc3[n-]ccc3c2)S/C1=C/c1ccc(-c2ccccc2)cc1.[Na+]. The molecule has 8 heteroatoms. The molecule has 0 radical (unpaired) electrons. The fourth-order valence-electron chi connectivity index (χ4n) is 3.21. The summed E-state index contributed by atoms with van der Waals surface area (Å²) < 4.78 is 0. The minimum atomic E-state index is -0.833. The number of amides is 1. The molecule has 0 spiro atoms. The number of thioether (sulfide) groups is 1. The Hall–Kier alpha value is -3.10. The van der Waals surface area contributed by atoms with Crippen LogP contribution in [-0.2, 0) is 9.59 Å². The standard InChI is InChI=1S/C24H16N3OS.C2H4O2.Na/c28-23-22(14-16-6-8-18(9-7-16)17-4-2-1-3-5-17)29-24(27-23)26-20-10-11-21-19(15-20)12-13-25-21;1-2(3)4;/h1-15H,(H,26,27,28);1H3,(H,3,4);/q-1;;+1/b22-14+;;. The molecular formula is C26H20N3NaO3S. The first-order valence-corrected chi connectivity index (χ1v) is 11.0. The minimum Gasteiger partial charge on any atom is -0.664 e. The van der Waals surface area contributed by atoms with Gasteiger partial charge in [0.15, 0.2) is 5.17 Å². The average Bonchev–Trinajstić information content (AvgIpc) is 3.40. The second kappa shape index (κ2) is 11.9. The number of carboxylic acids is 1. The maximum absolute atomic E-state index is 12.3. The van der Waals surface area contributed by atoms with Crippen molar-refractivity contribution in [1.82, 2.24) is 10.3 Å². The van der Waals surface area contributed by atoms with Gasteiger partial charge < -0.3 is 15.4 Å². The van der Waals surface area contributed by atoms with E-state index in [2.05, 4.69) is 39.6 Å². The molecule has 0 bridgehead atoms. The van der Waals surface area contributed by atoms with E-state index in [4.69, 9.17) is 9.90 Å². The summed E-state index contributed by atoms with van der Waals surface area (Å²) in [7, 11) is 0. The van der Waals surface area contributed by atoms with Crippen LogP contribution in [0.25, 0.3) is 28.1 Å². The van der Waals surface area contributed by atoms with Gasteiger partial charge in [0.05, 0.1) is 10.6 Å². The summed E-state index contributed by atoms with van der Waals surface area (Å²) in [4.78, 5) is 30.8. The number of aliphatic carboxylic acids is 1. The molecule has 0 atom stereocenters. The average molecular weight is 478 g/mol. The Morgan fingerprint density at radius 3 is 2.38 bits per heavy atom. The molecule has 1 fully saturated rings. The van der Waals surface area contributed by atoms with Crippen molar-refractivity contribution in [2.75, 3.05) is 0 Å². The maximum atomic E-state index is 12.3. The predicted octanol–water partition coefficient (Wildman–Crippen LogP) is 2.45. The fraction of sp³-hybridized carbons (Fsp3) is 0.0385. The number of carbonyl (C=O) groups is 2. The van der Waals surface area contributed by atoms with E-state index in [9.17, 15) is 4.79 Å². The number of aliphatic imine (C=N–C) groups is 1. The molecule has 5 rings (SSSR count). The third-order valence-electron chi connectivity index (χ3n) is 4.68.